The number of nitrogen functional groups attached to an aromatic ring is 1. The van der Waals surface area contributed by atoms with E-state index in [9.17, 15) is 4.79 Å². The lowest BCUT2D eigenvalue weighted by atomic mass is 10.2. The topological polar surface area (TPSA) is 77.2 Å². The molecule has 20 heavy (non-hydrogen) atoms. The number of carbonyl (C=O) groups is 1. The maximum Gasteiger partial charge on any atom is 0.226 e. The number of benzene rings is 1. The van der Waals surface area contributed by atoms with E-state index >= 15 is 0 Å². The van der Waals surface area contributed by atoms with Crippen LogP contribution in [0.3, 0.4) is 0 Å². The van der Waals surface area contributed by atoms with E-state index in [1.54, 1.807) is 25.4 Å². The summed E-state index contributed by atoms with van der Waals surface area (Å²) in [5, 5.41) is 2.85. The molecule has 1 aromatic heterocycles. The fourth-order valence-electron chi connectivity index (χ4n) is 1.75. The highest BCUT2D eigenvalue weighted by Gasteiger charge is 2.04. The van der Waals surface area contributed by atoms with Gasteiger partial charge in [0.25, 0.3) is 0 Å². The number of amides is 1. The van der Waals surface area contributed by atoms with Crippen molar-refractivity contribution in [3.8, 4) is 5.75 Å². The summed E-state index contributed by atoms with van der Waals surface area (Å²) in [4.78, 5) is 15.9. The van der Waals surface area contributed by atoms with Crippen LogP contribution in [0.5, 0.6) is 5.75 Å². The number of rotatable bonds is 5. The monoisotopic (exact) mass is 271 g/mol. The maximum absolute atomic E-state index is 11.8. The second-order valence-electron chi connectivity index (χ2n) is 4.39. The summed E-state index contributed by atoms with van der Waals surface area (Å²) >= 11 is 0. The Bertz CT molecular complexity index is 582. The number of nitrogens with zero attached hydrogens (tertiary/aromatic N) is 1. The molecule has 0 aliphatic heterocycles. The molecule has 0 unspecified atom stereocenters. The van der Waals surface area contributed by atoms with E-state index in [2.05, 4.69) is 10.3 Å². The van der Waals surface area contributed by atoms with Crippen LogP contribution in [0.1, 0.15) is 11.3 Å². The second kappa shape index (κ2) is 6.56. The molecule has 0 atom stereocenters. The number of aromatic nitrogens is 1. The van der Waals surface area contributed by atoms with Crippen molar-refractivity contribution in [1.29, 1.82) is 0 Å². The van der Waals surface area contributed by atoms with E-state index < -0.39 is 0 Å². The van der Waals surface area contributed by atoms with Crippen LogP contribution in [0.15, 0.2) is 42.6 Å². The summed E-state index contributed by atoms with van der Waals surface area (Å²) in [5.41, 5.74) is 7.82. The first-order valence-electron chi connectivity index (χ1n) is 6.27. The molecular formula is C15H17N3O2. The summed E-state index contributed by atoms with van der Waals surface area (Å²) in [5.74, 6) is 0.696. The summed E-state index contributed by atoms with van der Waals surface area (Å²) in [6.07, 6.45) is 1.79. The van der Waals surface area contributed by atoms with Gasteiger partial charge < -0.3 is 15.8 Å². The number of methoxy groups -OCH3 is 1. The maximum atomic E-state index is 11.8. The average Bonchev–Trinajstić information content (AvgIpc) is 2.48. The van der Waals surface area contributed by atoms with Crippen LogP contribution in [0.4, 0.5) is 5.69 Å². The summed E-state index contributed by atoms with van der Waals surface area (Å²) in [6.45, 7) is 0.463. The van der Waals surface area contributed by atoms with Crippen molar-refractivity contribution in [3.63, 3.8) is 0 Å². The van der Waals surface area contributed by atoms with Crippen LogP contribution >= 0.6 is 0 Å². The van der Waals surface area contributed by atoms with Crippen LogP contribution in [0.25, 0.3) is 0 Å². The molecule has 0 aliphatic carbocycles. The van der Waals surface area contributed by atoms with Gasteiger partial charge in [-0.05, 0) is 29.8 Å². The van der Waals surface area contributed by atoms with Crippen molar-refractivity contribution in [2.45, 2.75) is 13.0 Å². The zero-order valence-electron chi connectivity index (χ0n) is 11.3. The quantitative estimate of drug-likeness (QED) is 0.864. The summed E-state index contributed by atoms with van der Waals surface area (Å²) < 4.78 is 5.13. The van der Waals surface area contributed by atoms with Gasteiger partial charge in [0.15, 0.2) is 0 Å². The lowest BCUT2D eigenvalue weighted by Crippen LogP contribution is -2.24. The molecule has 0 saturated carbocycles. The normalized spacial score (nSPS) is 10.1. The summed E-state index contributed by atoms with van der Waals surface area (Å²) in [6, 6.07) is 11.1. The van der Waals surface area contributed by atoms with Crippen molar-refractivity contribution in [1.82, 2.24) is 10.3 Å². The number of pyridine rings is 1. The molecule has 2 aromatic rings. The van der Waals surface area contributed by atoms with Gasteiger partial charge in [-0.15, -0.1) is 0 Å². The Morgan fingerprint density at radius 2 is 2.20 bits per heavy atom. The molecule has 0 fully saturated rings. The van der Waals surface area contributed by atoms with E-state index in [4.69, 9.17) is 10.5 Å². The highest BCUT2D eigenvalue weighted by molar-refractivity contribution is 5.78. The van der Waals surface area contributed by atoms with E-state index in [0.717, 1.165) is 11.3 Å². The lowest BCUT2D eigenvalue weighted by molar-refractivity contribution is -0.120. The van der Waals surface area contributed by atoms with Gasteiger partial charge in [0.05, 0.1) is 25.4 Å². The summed E-state index contributed by atoms with van der Waals surface area (Å²) in [7, 11) is 1.62. The molecule has 3 N–H and O–H groups in total. The molecule has 0 radical (unpaired) electrons. The van der Waals surface area contributed by atoms with E-state index in [1.165, 1.54) is 0 Å². The molecule has 0 saturated heterocycles. The van der Waals surface area contributed by atoms with E-state index in [-0.39, 0.29) is 12.3 Å². The Kier molecular flexibility index (Phi) is 4.55. The molecule has 1 aromatic carbocycles. The molecule has 0 spiro atoms. The number of nitrogens with one attached hydrogen (secondary N) is 1. The zero-order chi connectivity index (χ0) is 14.4. The van der Waals surface area contributed by atoms with Gasteiger partial charge >= 0.3 is 0 Å². The number of ether oxygens (including phenoxy) is 1. The van der Waals surface area contributed by atoms with Gasteiger partial charge in [0, 0.05) is 12.2 Å². The Hall–Kier alpha value is -2.56. The van der Waals surface area contributed by atoms with E-state index in [0.29, 0.717) is 17.9 Å². The molecular weight excluding hydrogens is 254 g/mol. The molecule has 5 nitrogen and oxygen atoms in total. The van der Waals surface area contributed by atoms with Crippen LogP contribution in [-0.4, -0.2) is 18.0 Å². The SMILES string of the molecule is COc1cccc(CNC(=O)Cc2ccc(N)cn2)c1. The third-order valence-corrected chi connectivity index (χ3v) is 2.81. The predicted octanol–water partition coefficient (Wildman–Crippen LogP) is 1.53. The second-order valence-corrected chi connectivity index (χ2v) is 4.39. The predicted molar refractivity (Wildman–Crippen MR) is 77.2 cm³/mol. The van der Waals surface area contributed by atoms with Gasteiger partial charge in [0.2, 0.25) is 5.91 Å². The standard InChI is InChI=1S/C15H17N3O2/c1-20-14-4-2-3-11(7-14)9-18-15(19)8-13-6-5-12(16)10-17-13/h2-7,10H,8-9,16H2,1H3,(H,18,19). The molecule has 0 bridgehead atoms. The number of hydrogen-bond donors (Lipinski definition) is 2. The Morgan fingerprint density at radius 3 is 2.90 bits per heavy atom. The highest BCUT2D eigenvalue weighted by atomic mass is 16.5. The van der Waals surface area contributed by atoms with Crippen LogP contribution in [-0.2, 0) is 17.8 Å². The molecule has 2 rings (SSSR count). The smallest absolute Gasteiger partial charge is 0.226 e. The van der Waals surface area contributed by atoms with Crippen LogP contribution in [0.2, 0.25) is 0 Å². The van der Waals surface area contributed by atoms with Gasteiger partial charge in [-0.3, -0.25) is 9.78 Å². The van der Waals surface area contributed by atoms with Crippen molar-refractivity contribution in [2.24, 2.45) is 0 Å². The molecule has 1 amide bonds. The molecule has 0 aliphatic rings. The first kappa shape index (κ1) is 13.9. The Morgan fingerprint density at radius 1 is 1.35 bits per heavy atom. The molecule has 104 valence electrons. The van der Waals surface area contributed by atoms with Crippen molar-refractivity contribution in [3.05, 3.63) is 53.9 Å². The van der Waals surface area contributed by atoms with Crippen molar-refractivity contribution >= 4 is 11.6 Å². The fourth-order valence-corrected chi connectivity index (χ4v) is 1.75. The highest BCUT2D eigenvalue weighted by Crippen LogP contribution is 2.12. The average molecular weight is 271 g/mol. The van der Waals surface area contributed by atoms with Gasteiger partial charge in [0.1, 0.15) is 5.75 Å². The third kappa shape index (κ3) is 3.98. The van der Waals surface area contributed by atoms with Gasteiger partial charge in [-0.25, -0.2) is 0 Å². The largest absolute Gasteiger partial charge is 0.497 e. The lowest BCUT2D eigenvalue weighted by Gasteiger charge is -2.07. The minimum absolute atomic E-state index is 0.0786. The number of nitrogens with two attached hydrogens (primary N) is 1. The zero-order valence-corrected chi connectivity index (χ0v) is 11.3. The fraction of sp³-hybridized carbons (Fsp3) is 0.200. The van der Waals surface area contributed by atoms with Gasteiger partial charge in [-0.2, -0.15) is 0 Å². The van der Waals surface area contributed by atoms with Crippen LogP contribution in [0, 0.1) is 0 Å². The number of hydrogen-bond acceptors (Lipinski definition) is 4. The number of anilines is 1. The van der Waals surface area contributed by atoms with Crippen molar-refractivity contribution in [2.75, 3.05) is 12.8 Å². The van der Waals surface area contributed by atoms with Crippen LogP contribution < -0.4 is 15.8 Å². The van der Waals surface area contributed by atoms with Gasteiger partial charge in [-0.1, -0.05) is 12.1 Å². The first-order chi connectivity index (χ1) is 9.67. The molecule has 5 heteroatoms. The minimum atomic E-state index is -0.0786. The first-order valence-corrected chi connectivity index (χ1v) is 6.27. The third-order valence-electron chi connectivity index (χ3n) is 2.81. The Labute approximate surface area is 117 Å². The van der Waals surface area contributed by atoms with Crippen molar-refractivity contribution < 1.29 is 9.53 Å². The minimum Gasteiger partial charge on any atom is -0.497 e. The Balaban J connectivity index is 1.87. The number of carbonyl (C=O) groups excluding carboxylic acids is 1. The molecule has 1 heterocycles. The van der Waals surface area contributed by atoms with E-state index in [1.807, 2.05) is 24.3 Å².